The van der Waals surface area contributed by atoms with Crippen molar-refractivity contribution in [1.82, 2.24) is 0 Å². The van der Waals surface area contributed by atoms with Crippen molar-refractivity contribution in [2.75, 3.05) is 14.2 Å². The van der Waals surface area contributed by atoms with Gasteiger partial charge in [0.1, 0.15) is 17.2 Å². The quantitative estimate of drug-likeness (QED) is 0.917. The summed E-state index contributed by atoms with van der Waals surface area (Å²) in [5.41, 5.74) is 1.99. The van der Waals surface area contributed by atoms with Gasteiger partial charge in [0, 0.05) is 28.8 Å². The lowest BCUT2D eigenvalue weighted by Crippen LogP contribution is -2.22. The first-order chi connectivity index (χ1) is 10.0. The van der Waals surface area contributed by atoms with Crippen LogP contribution in [0, 0.1) is 0 Å². The van der Waals surface area contributed by atoms with Crippen molar-refractivity contribution in [1.29, 1.82) is 0 Å². The lowest BCUT2D eigenvalue weighted by molar-refractivity contribution is -0.00518. The van der Waals surface area contributed by atoms with E-state index in [1.165, 1.54) is 0 Å². The standard InChI is InChI=1S/C17H20O4/c1-9-5-14-12(10(2)21-9)8-13-15(17(14)18)6-11(19-3)7-16(13)20-4/h6-10,18H,5H2,1-4H3/t9-,10+/m0/s1. The van der Waals surface area contributed by atoms with E-state index in [-0.39, 0.29) is 12.2 Å². The number of benzene rings is 2. The van der Waals surface area contributed by atoms with Crippen LogP contribution in [-0.4, -0.2) is 25.4 Å². The van der Waals surface area contributed by atoms with E-state index in [0.29, 0.717) is 23.7 Å². The topological polar surface area (TPSA) is 47.9 Å². The maximum atomic E-state index is 10.7. The summed E-state index contributed by atoms with van der Waals surface area (Å²) in [6.45, 7) is 4.03. The van der Waals surface area contributed by atoms with Gasteiger partial charge in [0.05, 0.1) is 26.4 Å². The molecule has 2 atom stereocenters. The molecular weight excluding hydrogens is 268 g/mol. The van der Waals surface area contributed by atoms with Gasteiger partial charge >= 0.3 is 0 Å². The highest BCUT2D eigenvalue weighted by atomic mass is 16.5. The van der Waals surface area contributed by atoms with Gasteiger partial charge in [-0.25, -0.2) is 0 Å². The summed E-state index contributed by atoms with van der Waals surface area (Å²) < 4.78 is 16.6. The van der Waals surface area contributed by atoms with E-state index >= 15 is 0 Å². The van der Waals surface area contributed by atoms with E-state index < -0.39 is 0 Å². The minimum atomic E-state index is -0.0362. The van der Waals surface area contributed by atoms with Gasteiger partial charge in [-0.3, -0.25) is 0 Å². The van der Waals surface area contributed by atoms with E-state index in [4.69, 9.17) is 14.2 Å². The van der Waals surface area contributed by atoms with Crippen LogP contribution in [0.3, 0.4) is 0 Å². The second kappa shape index (κ2) is 5.11. The highest BCUT2D eigenvalue weighted by Gasteiger charge is 2.26. The Hall–Kier alpha value is -1.94. The van der Waals surface area contributed by atoms with E-state index in [0.717, 1.165) is 21.9 Å². The molecule has 1 aliphatic heterocycles. The fraction of sp³-hybridized carbons (Fsp3) is 0.412. The predicted octanol–water partition coefficient (Wildman–Crippen LogP) is 3.58. The molecule has 0 radical (unpaired) electrons. The Labute approximate surface area is 124 Å². The summed E-state index contributed by atoms with van der Waals surface area (Å²) in [5.74, 6) is 1.66. The average Bonchev–Trinajstić information content (AvgIpc) is 2.47. The molecule has 2 aromatic rings. The van der Waals surface area contributed by atoms with Crippen LogP contribution in [-0.2, 0) is 11.2 Å². The maximum Gasteiger partial charge on any atom is 0.130 e. The highest BCUT2D eigenvalue weighted by molar-refractivity contribution is 5.96. The summed E-state index contributed by atoms with van der Waals surface area (Å²) in [4.78, 5) is 0. The first-order valence-electron chi connectivity index (χ1n) is 7.11. The number of phenols is 1. The van der Waals surface area contributed by atoms with Crippen LogP contribution in [0.5, 0.6) is 17.2 Å². The van der Waals surface area contributed by atoms with E-state index in [1.807, 2.05) is 26.0 Å². The molecule has 0 bridgehead atoms. The molecule has 1 heterocycles. The number of hydrogen-bond donors (Lipinski definition) is 1. The smallest absolute Gasteiger partial charge is 0.130 e. The number of methoxy groups -OCH3 is 2. The third kappa shape index (κ3) is 2.20. The number of phenolic OH excluding ortho intramolecular Hbond substituents is 1. The summed E-state index contributed by atoms with van der Waals surface area (Å²) in [5, 5.41) is 12.3. The van der Waals surface area contributed by atoms with Crippen LogP contribution >= 0.6 is 0 Å². The Morgan fingerprint density at radius 1 is 1.10 bits per heavy atom. The van der Waals surface area contributed by atoms with Gasteiger partial charge in [0.15, 0.2) is 0 Å². The predicted molar refractivity (Wildman–Crippen MR) is 81.4 cm³/mol. The zero-order valence-corrected chi connectivity index (χ0v) is 12.8. The normalized spacial score (nSPS) is 21.1. The molecule has 3 rings (SSSR count). The molecule has 21 heavy (non-hydrogen) atoms. The Balaban J connectivity index is 2.33. The molecule has 0 spiro atoms. The maximum absolute atomic E-state index is 10.7. The molecule has 0 fully saturated rings. The zero-order valence-electron chi connectivity index (χ0n) is 12.8. The van der Waals surface area contributed by atoms with E-state index in [2.05, 4.69) is 6.07 Å². The van der Waals surface area contributed by atoms with Gasteiger partial charge < -0.3 is 19.3 Å². The fourth-order valence-electron chi connectivity index (χ4n) is 3.11. The number of hydrogen-bond acceptors (Lipinski definition) is 4. The van der Waals surface area contributed by atoms with Gasteiger partial charge in [-0.2, -0.15) is 0 Å². The Morgan fingerprint density at radius 2 is 1.86 bits per heavy atom. The van der Waals surface area contributed by atoms with Crippen molar-refractivity contribution >= 4 is 10.8 Å². The Morgan fingerprint density at radius 3 is 2.52 bits per heavy atom. The van der Waals surface area contributed by atoms with Crippen LogP contribution in [0.4, 0.5) is 0 Å². The molecule has 2 aromatic carbocycles. The minimum absolute atomic E-state index is 0.0362. The summed E-state index contributed by atoms with van der Waals surface area (Å²) >= 11 is 0. The first kappa shape index (κ1) is 14.0. The van der Waals surface area contributed by atoms with Gasteiger partial charge in [0.2, 0.25) is 0 Å². The molecule has 0 saturated carbocycles. The minimum Gasteiger partial charge on any atom is -0.507 e. The monoisotopic (exact) mass is 288 g/mol. The van der Waals surface area contributed by atoms with Crippen molar-refractivity contribution in [3.05, 3.63) is 29.3 Å². The van der Waals surface area contributed by atoms with Crippen molar-refractivity contribution in [2.24, 2.45) is 0 Å². The van der Waals surface area contributed by atoms with Crippen molar-refractivity contribution < 1.29 is 19.3 Å². The second-order valence-corrected chi connectivity index (χ2v) is 5.51. The van der Waals surface area contributed by atoms with Gasteiger partial charge in [-0.05, 0) is 31.5 Å². The van der Waals surface area contributed by atoms with Gasteiger partial charge in [-0.15, -0.1) is 0 Å². The number of rotatable bonds is 2. The summed E-state index contributed by atoms with van der Waals surface area (Å²) in [7, 11) is 3.22. The summed E-state index contributed by atoms with van der Waals surface area (Å²) in [6, 6.07) is 5.72. The molecule has 0 aliphatic carbocycles. The number of ether oxygens (including phenoxy) is 3. The average molecular weight is 288 g/mol. The van der Waals surface area contributed by atoms with Crippen LogP contribution in [0.25, 0.3) is 10.8 Å². The fourth-order valence-corrected chi connectivity index (χ4v) is 3.11. The lowest BCUT2D eigenvalue weighted by atomic mass is 9.90. The highest BCUT2D eigenvalue weighted by Crippen LogP contribution is 2.44. The molecule has 0 saturated heterocycles. The molecule has 4 heteroatoms. The van der Waals surface area contributed by atoms with Crippen LogP contribution in [0.1, 0.15) is 31.1 Å². The van der Waals surface area contributed by atoms with E-state index in [1.54, 1.807) is 14.2 Å². The van der Waals surface area contributed by atoms with Crippen molar-refractivity contribution in [3.63, 3.8) is 0 Å². The third-order valence-corrected chi connectivity index (χ3v) is 4.13. The van der Waals surface area contributed by atoms with Crippen LogP contribution < -0.4 is 9.47 Å². The SMILES string of the molecule is COc1cc(OC)c2cc3c(c(O)c2c1)C[C@H](C)O[C@@H]3C. The van der Waals surface area contributed by atoms with Crippen molar-refractivity contribution in [3.8, 4) is 17.2 Å². The third-order valence-electron chi connectivity index (χ3n) is 4.13. The first-order valence-corrected chi connectivity index (χ1v) is 7.11. The lowest BCUT2D eigenvalue weighted by Gasteiger charge is -2.29. The Kier molecular flexibility index (Phi) is 3.41. The molecular formula is C17H20O4. The number of aromatic hydroxyl groups is 1. The molecule has 0 amide bonds. The van der Waals surface area contributed by atoms with Crippen molar-refractivity contribution in [2.45, 2.75) is 32.5 Å². The van der Waals surface area contributed by atoms with Gasteiger partial charge in [0.25, 0.3) is 0 Å². The molecule has 1 N–H and O–H groups in total. The molecule has 112 valence electrons. The van der Waals surface area contributed by atoms with Gasteiger partial charge in [-0.1, -0.05) is 0 Å². The molecule has 1 aliphatic rings. The summed E-state index contributed by atoms with van der Waals surface area (Å²) in [6.07, 6.45) is 0.773. The van der Waals surface area contributed by atoms with E-state index in [9.17, 15) is 5.11 Å². The Bertz CT molecular complexity index is 693. The molecule has 0 unspecified atom stereocenters. The van der Waals surface area contributed by atoms with Crippen LogP contribution in [0.15, 0.2) is 18.2 Å². The van der Waals surface area contributed by atoms with Crippen LogP contribution in [0.2, 0.25) is 0 Å². The zero-order chi connectivity index (χ0) is 15.1. The second-order valence-electron chi connectivity index (χ2n) is 5.51. The molecule has 0 aromatic heterocycles. The number of fused-ring (bicyclic) bond motifs is 2. The molecule has 4 nitrogen and oxygen atoms in total. The largest absolute Gasteiger partial charge is 0.507 e.